The topological polar surface area (TPSA) is 24.5 Å². The van der Waals surface area contributed by atoms with Crippen LogP contribution in [0.1, 0.15) is 24.9 Å². The van der Waals surface area contributed by atoms with Gasteiger partial charge in [-0.05, 0) is 26.1 Å². The standard InChI is InChI=1S/C16H26N2OS/c1-4-9-17-16(14-12-20-11-10-18(14)2)13-7-5-6-8-15(13)19-3/h5-8,14,16-17H,4,9-12H2,1-3H3. The van der Waals surface area contributed by atoms with Crippen LogP contribution >= 0.6 is 11.8 Å². The molecule has 0 bridgehead atoms. The minimum absolute atomic E-state index is 0.337. The Morgan fingerprint density at radius 2 is 2.25 bits per heavy atom. The van der Waals surface area contributed by atoms with Gasteiger partial charge in [-0.2, -0.15) is 11.8 Å². The highest BCUT2D eigenvalue weighted by atomic mass is 32.2. The lowest BCUT2D eigenvalue weighted by Crippen LogP contribution is -2.48. The maximum Gasteiger partial charge on any atom is 0.123 e. The molecule has 1 fully saturated rings. The Kier molecular flexibility index (Phi) is 6.20. The summed E-state index contributed by atoms with van der Waals surface area (Å²) < 4.78 is 5.57. The highest BCUT2D eigenvalue weighted by Crippen LogP contribution is 2.32. The summed E-state index contributed by atoms with van der Waals surface area (Å²) in [5, 5.41) is 3.73. The van der Waals surface area contributed by atoms with Gasteiger partial charge in [0, 0.05) is 29.7 Å². The van der Waals surface area contributed by atoms with Crippen molar-refractivity contribution < 1.29 is 4.74 Å². The first-order valence-corrected chi connectivity index (χ1v) is 8.57. The quantitative estimate of drug-likeness (QED) is 0.872. The second-order valence-corrected chi connectivity index (χ2v) is 6.45. The van der Waals surface area contributed by atoms with Gasteiger partial charge in [0.1, 0.15) is 5.75 Å². The second kappa shape index (κ2) is 7.91. The first-order chi connectivity index (χ1) is 9.77. The van der Waals surface area contributed by atoms with Crippen molar-refractivity contribution >= 4 is 11.8 Å². The molecule has 20 heavy (non-hydrogen) atoms. The summed E-state index contributed by atoms with van der Waals surface area (Å²) >= 11 is 2.05. The average Bonchev–Trinajstić information content (AvgIpc) is 2.49. The highest BCUT2D eigenvalue weighted by molar-refractivity contribution is 7.99. The molecule has 1 aliphatic heterocycles. The van der Waals surface area contributed by atoms with Crippen LogP contribution in [-0.2, 0) is 0 Å². The average molecular weight is 294 g/mol. The Bertz CT molecular complexity index is 413. The van der Waals surface area contributed by atoms with Crippen LogP contribution in [0, 0.1) is 0 Å². The molecule has 1 saturated heterocycles. The van der Waals surface area contributed by atoms with Gasteiger partial charge in [0.25, 0.3) is 0 Å². The zero-order valence-electron chi connectivity index (χ0n) is 12.8. The fourth-order valence-electron chi connectivity index (χ4n) is 2.73. The molecular formula is C16H26N2OS. The minimum Gasteiger partial charge on any atom is -0.496 e. The number of hydrogen-bond donors (Lipinski definition) is 1. The van der Waals surface area contributed by atoms with Gasteiger partial charge < -0.3 is 10.1 Å². The Labute approximate surface area is 127 Å². The third-order valence-corrected chi connectivity index (χ3v) is 4.96. The summed E-state index contributed by atoms with van der Waals surface area (Å²) in [6.07, 6.45) is 1.15. The summed E-state index contributed by atoms with van der Waals surface area (Å²) in [6, 6.07) is 9.26. The van der Waals surface area contributed by atoms with Crippen LogP contribution in [0.4, 0.5) is 0 Å². The Morgan fingerprint density at radius 3 is 2.95 bits per heavy atom. The first-order valence-electron chi connectivity index (χ1n) is 7.42. The molecule has 1 heterocycles. The molecule has 0 aromatic heterocycles. The largest absolute Gasteiger partial charge is 0.496 e. The zero-order chi connectivity index (χ0) is 14.4. The van der Waals surface area contributed by atoms with Crippen LogP contribution in [0.15, 0.2) is 24.3 Å². The molecule has 0 radical (unpaired) electrons. The maximum absolute atomic E-state index is 5.57. The third-order valence-electron chi connectivity index (χ3n) is 3.92. The molecule has 1 aromatic rings. The molecular weight excluding hydrogens is 268 g/mol. The molecule has 0 spiro atoms. The number of methoxy groups -OCH3 is 1. The number of ether oxygens (including phenoxy) is 1. The summed E-state index contributed by atoms with van der Waals surface area (Å²) in [5.74, 6) is 3.40. The smallest absolute Gasteiger partial charge is 0.123 e. The van der Waals surface area contributed by atoms with Crippen molar-refractivity contribution in [1.29, 1.82) is 0 Å². The second-order valence-electron chi connectivity index (χ2n) is 5.30. The molecule has 4 heteroatoms. The Morgan fingerprint density at radius 1 is 1.45 bits per heavy atom. The lowest BCUT2D eigenvalue weighted by molar-refractivity contribution is 0.213. The number of thioether (sulfide) groups is 1. The monoisotopic (exact) mass is 294 g/mol. The molecule has 1 aromatic carbocycles. The van der Waals surface area contributed by atoms with Crippen molar-refractivity contribution in [2.45, 2.75) is 25.4 Å². The van der Waals surface area contributed by atoms with Crippen molar-refractivity contribution in [1.82, 2.24) is 10.2 Å². The van der Waals surface area contributed by atoms with Crippen molar-refractivity contribution in [2.75, 3.05) is 38.8 Å². The summed E-state index contributed by atoms with van der Waals surface area (Å²) in [5.41, 5.74) is 1.28. The van der Waals surface area contributed by atoms with Gasteiger partial charge in [-0.1, -0.05) is 25.1 Å². The van der Waals surface area contributed by atoms with E-state index < -0.39 is 0 Å². The molecule has 2 unspecified atom stereocenters. The summed E-state index contributed by atoms with van der Waals surface area (Å²) in [4.78, 5) is 2.48. The van der Waals surface area contributed by atoms with E-state index in [-0.39, 0.29) is 0 Å². The van der Waals surface area contributed by atoms with E-state index in [1.807, 2.05) is 6.07 Å². The van der Waals surface area contributed by atoms with Crippen molar-refractivity contribution in [2.24, 2.45) is 0 Å². The number of benzene rings is 1. The first kappa shape index (κ1) is 15.7. The van der Waals surface area contributed by atoms with Gasteiger partial charge in [-0.25, -0.2) is 0 Å². The van der Waals surface area contributed by atoms with E-state index in [9.17, 15) is 0 Å². The van der Waals surface area contributed by atoms with Gasteiger partial charge in [0.15, 0.2) is 0 Å². The van der Waals surface area contributed by atoms with E-state index >= 15 is 0 Å². The Hall–Kier alpha value is -0.710. The number of hydrogen-bond acceptors (Lipinski definition) is 4. The van der Waals surface area contributed by atoms with Crippen LogP contribution in [0.5, 0.6) is 5.75 Å². The van der Waals surface area contributed by atoms with Crippen LogP contribution in [0.25, 0.3) is 0 Å². The SMILES string of the molecule is CCCNC(c1ccccc1OC)C1CSCCN1C. The normalized spacial score (nSPS) is 21.6. The van der Waals surface area contributed by atoms with Crippen molar-refractivity contribution in [3.8, 4) is 5.75 Å². The molecule has 0 saturated carbocycles. The van der Waals surface area contributed by atoms with Crippen LogP contribution in [-0.4, -0.2) is 49.7 Å². The maximum atomic E-state index is 5.57. The van der Waals surface area contributed by atoms with Crippen LogP contribution in [0.3, 0.4) is 0 Å². The van der Waals surface area contributed by atoms with Crippen molar-refractivity contribution in [3.63, 3.8) is 0 Å². The van der Waals surface area contributed by atoms with Gasteiger partial charge in [0.2, 0.25) is 0 Å². The van der Waals surface area contributed by atoms with Gasteiger partial charge in [-0.15, -0.1) is 0 Å². The van der Waals surface area contributed by atoms with E-state index in [0.717, 1.165) is 25.3 Å². The fourth-order valence-corrected chi connectivity index (χ4v) is 4.01. The Balaban J connectivity index is 2.25. The summed E-state index contributed by atoms with van der Waals surface area (Å²) in [6.45, 7) is 4.41. The van der Waals surface area contributed by atoms with E-state index in [1.165, 1.54) is 17.1 Å². The predicted molar refractivity (Wildman–Crippen MR) is 87.8 cm³/mol. The van der Waals surface area contributed by atoms with Crippen LogP contribution in [0.2, 0.25) is 0 Å². The number of para-hydroxylation sites is 1. The molecule has 1 N–H and O–H groups in total. The zero-order valence-corrected chi connectivity index (χ0v) is 13.6. The van der Waals surface area contributed by atoms with E-state index in [1.54, 1.807) is 7.11 Å². The molecule has 1 aliphatic rings. The molecule has 2 rings (SSSR count). The van der Waals surface area contributed by atoms with Gasteiger partial charge in [0.05, 0.1) is 13.2 Å². The third kappa shape index (κ3) is 3.68. The fraction of sp³-hybridized carbons (Fsp3) is 0.625. The molecule has 0 amide bonds. The van der Waals surface area contributed by atoms with Crippen molar-refractivity contribution in [3.05, 3.63) is 29.8 Å². The minimum atomic E-state index is 0.337. The molecule has 2 atom stereocenters. The van der Waals surface area contributed by atoms with E-state index in [0.29, 0.717) is 12.1 Å². The van der Waals surface area contributed by atoms with E-state index in [4.69, 9.17) is 4.74 Å². The number of nitrogens with one attached hydrogen (secondary N) is 1. The lowest BCUT2D eigenvalue weighted by Gasteiger charge is -2.38. The van der Waals surface area contributed by atoms with Crippen LogP contribution < -0.4 is 10.1 Å². The van der Waals surface area contributed by atoms with E-state index in [2.05, 4.69) is 54.1 Å². The predicted octanol–water partition coefficient (Wildman–Crippen LogP) is 2.78. The summed E-state index contributed by atoms with van der Waals surface area (Å²) in [7, 11) is 4.00. The highest BCUT2D eigenvalue weighted by Gasteiger charge is 2.30. The lowest BCUT2D eigenvalue weighted by atomic mass is 9.98. The molecule has 112 valence electrons. The van der Waals surface area contributed by atoms with Gasteiger partial charge in [-0.3, -0.25) is 4.90 Å². The van der Waals surface area contributed by atoms with Gasteiger partial charge >= 0.3 is 0 Å². The number of nitrogens with zero attached hydrogens (tertiary/aromatic N) is 1. The molecule has 0 aliphatic carbocycles. The number of likely N-dealkylation sites (N-methyl/N-ethyl adjacent to an activating group) is 1. The molecule has 3 nitrogen and oxygen atoms in total. The number of rotatable bonds is 6.